The highest BCUT2D eigenvalue weighted by atomic mass is 79.9. The number of rotatable bonds is 3. The third kappa shape index (κ3) is 2.49. The maximum absolute atomic E-state index is 6.07. The highest BCUT2D eigenvalue weighted by Crippen LogP contribution is 2.23. The van der Waals surface area contributed by atoms with Gasteiger partial charge in [-0.05, 0) is 51.1 Å². The summed E-state index contributed by atoms with van der Waals surface area (Å²) in [4.78, 5) is 6.98. The van der Waals surface area contributed by atoms with Crippen LogP contribution in [-0.2, 0) is 6.54 Å². The largest absolute Gasteiger partial charge is 0.369 e. The van der Waals surface area contributed by atoms with Gasteiger partial charge in [-0.25, -0.2) is 4.98 Å². The SMILES string of the molecule is CC(Cn1c(N)nc2cc(Br)ccc21)N1CCCC1. The van der Waals surface area contributed by atoms with Crippen LogP contribution in [0.3, 0.4) is 0 Å². The van der Waals surface area contributed by atoms with Gasteiger partial charge in [-0.15, -0.1) is 0 Å². The van der Waals surface area contributed by atoms with E-state index >= 15 is 0 Å². The molecule has 1 saturated heterocycles. The zero-order valence-electron chi connectivity index (χ0n) is 11.1. The summed E-state index contributed by atoms with van der Waals surface area (Å²) in [5.74, 6) is 0.610. The van der Waals surface area contributed by atoms with Crippen molar-refractivity contribution in [1.29, 1.82) is 0 Å². The Morgan fingerprint density at radius 1 is 1.37 bits per heavy atom. The summed E-state index contributed by atoms with van der Waals surface area (Å²) in [7, 11) is 0. The molecule has 1 aromatic heterocycles. The molecule has 0 bridgehead atoms. The molecule has 2 aromatic rings. The van der Waals surface area contributed by atoms with Crippen molar-refractivity contribution in [3.05, 3.63) is 22.7 Å². The first-order valence-electron chi connectivity index (χ1n) is 6.80. The Labute approximate surface area is 121 Å². The average molecular weight is 323 g/mol. The van der Waals surface area contributed by atoms with E-state index in [9.17, 15) is 0 Å². The normalized spacial score (nSPS) is 18.2. The molecule has 19 heavy (non-hydrogen) atoms. The molecule has 1 aromatic carbocycles. The van der Waals surface area contributed by atoms with Crippen LogP contribution in [0.4, 0.5) is 5.95 Å². The van der Waals surface area contributed by atoms with Crippen LogP contribution in [0.5, 0.6) is 0 Å². The van der Waals surface area contributed by atoms with Crippen molar-refractivity contribution >= 4 is 32.9 Å². The zero-order valence-corrected chi connectivity index (χ0v) is 12.7. The van der Waals surface area contributed by atoms with Crippen LogP contribution in [0.2, 0.25) is 0 Å². The minimum absolute atomic E-state index is 0.505. The summed E-state index contributed by atoms with van der Waals surface area (Å²) < 4.78 is 3.17. The first-order chi connectivity index (χ1) is 9.15. The molecule has 4 nitrogen and oxygen atoms in total. The van der Waals surface area contributed by atoms with Gasteiger partial charge in [0.05, 0.1) is 11.0 Å². The Morgan fingerprint density at radius 3 is 2.84 bits per heavy atom. The number of hydrogen-bond acceptors (Lipinski definition) is 3. The number of halogens is 1. The van der Waals surface area contributed by atoms with E-state index in [2.05, 4.69) is 43.4 Å². The molecule has 102 valence electrons. The second kappa shape index (κ2) is 5.13. The molecule has 0 spiro atoms. The van der Waals surface area contributed by atoms with Crippen LogP contribution < -0.4 is 5.73 Å². The minimum Gasteiger partial charge on any atom is -0.369 e. The highest BCUT2D eigenvalue weighted by molar-refractivity contribution is 9.10. The van der Waals surface area contributed by atoms with Crippen molar-refractivity contribution in [2.75, 3.05) is 18.8 Å². The van der Waals surface area contributed by atoms with Crippen molar-refractivity contribution < 1.29 is 0 Å². The summed E-state index contributed by atoms with van der Waals surface area (Å²) >= 11 is 3.47. The number of nitrogen functional groups attached to an aromatic ring is 1. The minimum atomic E-state index is 0.505. The maximum atomic E-state index is 6.07. The van der Waals surface area contributed by atoms with E-state index in [1.165, 1.54) is 25.9 Å². The first-order valence-corrected chi connectivity index (χ1v) is 7.60. The molecule has 2 N–H and O–H groups in total. The van der Waals surface area contributed by atoms with E-state index in [0.717, 1.165) is 22.1 Å². The Balaban J connectivity index is 1.89. The lowest BCUT2D eigenvalue weighted by Gasteiger charge is -2.24. The van der Waals surface area contributed by atoms with Crippen LogP contribution >= 0.6 is 15.9 Å². The van der Waals surface area contributed by atoms with Gasteiger partial charge in [-0.2, -0.15) is 0 Å². The number of aromatic nitrogens is 2. The molecule has 1 aliphatic rings. The molecule has 1 aliphatic heterocycles. The van der Waals surface area contributed by atoms with E-state index in [1.807, 2.05) is 12.1 Å². The van der Waals surface area contributed by atoms with Gasteiger partial charge >= 0.3 is 0 Å². The van der Waals surface area contributed by atoms with Gasteiger partial charge < -0.3 is 10.3 Å². The quantitative estimate of drug-likeness (QED) is 0.945. The molecule has 1 fully saturated rings. The third-order valence-corrected chi connectivity index (χ3v) is 4.44. The number of nitrogens with zero attached hydrogens (tertiary/aromatic N) is 3. The van der Waals surface area contributed by atoms with Crippen LogP contribution in [0.1, 0.15) is 19.8 Å². The summed E-state index contributed by atoms with van der Waals surface area (Å²) in [5.41, 5.74) is 8.14. The Bertz CT molecular complexity index is 586. The van der Waals surface area contributed by atoms with Crippen molar-refractivity contribution in [3.63, 3.8) is 0 Å². The predicted octanol–water partition coefficient (Wildman–Crippen LogP) is 2.87. The molecule has 3 rings (SSSR count). The second-order valence-electron chi connectivity index (χ2n) is 5.31. The second-order valence-corrected chi connectivity index (χ2v) is 6.22. The Morgan fingerprint density at radius 2 is 2.11 bits per heavy atom. The lowest BCUT2D eigenvalue weighted by atomic mass is 10.2. The summed E-state index contributed by atoms with van der Waals surface area (Å²) in [6.07, 6.45) is 2.63. The van der Waals surface area contributed by atoms with Crippen molar-refractivity contribution in [2.45, 2.75) is 32.4 Å². The average Bonchev–Trinajstić information content (AvgIpc) is 2.98. The molecular weight excluding hydrogens is 304 g/mol. The van der Waals surface area contributed by atoms with Gasteiger partial charge in [0, 0.05) is 17.1 Å². The number of imidazole rings is 1. The number of anilines is 1. The van der Waals surface area contributed by atoms with Crippen molar-refractivity contribution in [3.8, 4) is 0 Å². The van der Waals surface area contributed by atoms with E-state index in [0.29, 0.717) is 12.0 Å². The van der Waals surface area contributed by atoms with E-state index < -0.39 is 0 Å². The fourth-order valence-electron chi connectivity index (χ4n) is 2.88. The van der Waals surface area contributed by atoms with Gasteiger partial charge in [-0.1, -0.05) is 15.9 Å². The third-order valence-electron chi connectivity index (χ3n) is 3.95. The molecule has 0 radical (unpaired) electrons. The van der Waals surface area contributed by atoms with Crippen LogP contribution in [-0.4, -0.2) is 33.6 Å². The van der Waals surface area contributed by atoms with Crippen molar-refractivity contribution in [2.24, 2.45) is 0 Å². The summed E-state index contributed by atoms with van der Waals surface area (Å²) in [6.45, 7) is 5.60. The molecule has 0 aliphatic carbocycles. The monoisotopic (exact) mass is 322 g/mol. The summed E-state index contributed by atoms with van der Waals surface area (Å²) in [5, 5.41) is 0. The number of hydrogen-bond donors (Lipinski definition) is 1. The molecular formula is C14H19BrN4. The molecule has 0 saturated carbocycles. The number of likely N-dealkylation sites (tertiary alicyclic amines) is 1. The Hall–Kier alpha value is -1.07. The predicted molar refractivity (Wildman–Crippen MR) is 82.1 cm³/mol. The van der Waals surface area contributed by atoms with Crippen LogP contribution in [0.25, 0.3) is 11.0 Å². The van der Waals surface area contributed by atoms with Gasteiger partial charge in [0.2, 0.25) is 5.95 Å². The highest BCUT2D eigenvalue weighted by Gasteiger charge is 2.20. The number of nitrogens with two attached hydrogens (primary N) is 1. The lowest BCUT2D eigenvalue weighted by molar-refractivity contribution is 0.238. The molecule has 2 heterocycles. The van der Waals surface area contributed by atoms with Gasteiger partial charge in [0.15, 0.2) is 0 Å². The standard InChI is InChI=1S/C14H19BrN4/c1-10(18-6-2-3-7-18)9-19-13-5-4-11(15)8-12(13)17-14(19)16/h4-5,8,10H,2-3,6-7,9H2,1H3,(H2,16,17). The first kappa shape index (κ1) is 12.9. The number of fused-ring (bicyclic) bond motifs is 1. The lowest BCUT2D eigenvalue weighted by Crippen LogP contribution is -2.33. The van der Waals surface area contributed by atoms with Crippen molar-refractivity contribution in [1.82, 2.24) is 14.5 Å². The van der Waals surface area contributed by atoms with E-state index in [4.69, 9.17) is 5.73 Å². The Kier molecular flexibility index (Phi) is 3.50. The zero-order chi connectivity index (χ0) is 13.4. The van der Waals surface area contributed by atoms with E-state index in [1.54, 1.807) is 0 Å². The number of benzene rings is 1. The van der Waals surface area contributed by atoms with Gasteiger partial charge in [-0.3, -0.25) is 4.90 Å². The van der Waals surface area contributed by atoms with E-state index in [-0.39, 0.29) is 0 Å². The molecule has 1 unspecified atom stereocenters. The van der Waals surface area contributed by atoms with Gasteiger partial charge in [0.1, 0.15) is 0 Å². The molecule has 5 heteroatoms. The fraction of sp³-hybridized carbons (Fsp3) is 0.500. The van der Waals surface area contributed by atoms with Crippen LogP contribution in [0, 0.1) is 0 Å². The maximum Gasteiger partial charge on any atom is 0.201 e. The molecule has 0 amide bonds. The van der Waals surface area contributed by atoms with Gasteiger partial charge in [0.25, 0.3) is 0 Å². The smallest absolute Gasteiger partial charge is 0.201 e. The fourth-order valence-corrected chi connectivity index (χ4v) is 3.22. The topological polar surface area (TPSA) is 47.1 Å². The molecule has 1 atom stereocenters. The van der Waals surface area contributed by atoms with Crippen LogP contribution in [0.15, 0.2) is 22.7 Å². The summed E-state index contributed by atoms with van der Waals surface area (Å²) in [6, 6.07) is 6.65.